The van der Waals surface area contributed by atoms with Crippen LogP contribution in [0.4, 0.5) is 8.78 Å². The summed E-state index contributed by atoms with van der Waals surface area (Å²) in [5, 5.41) is 8.28. The normalized spacial score (nSPS) is 11.6. The molecule has 2 rings (SSSR count). The Labute approximate surface area is 88.3 Å². The summed E-state index contributed by atoms with van der Waals surface area (Å²) in [5.41, 5.74) is -0.0423. The Hall–Kier alpha value is -2.16. The van der Waals surface area contributed by atoms with Crippen LogP contribution in [0.25, 0.3) is 11.1 Å². The number of nitrogens with zero attached hydrogens (tertiary/aromatic N) is 2. The van der Waals surface area contributed by atoms with Gasteiger partial charge in [-0.2, -0.15) is 14.0 Å². The molecule has 6 heteroatoms. The second-order valence-electron chi connectivity index (χ2n) is 3.30. The summed E-state index contributed by atoms with van der Waals surface area (Å²) >= 11 is 0. The van der Waals surface area contributed by atoms with Crippen molar-refractivity contribution >= 4 is 11.1 Å². The van der Waals surface area contributed by atoms with Crippen molar-refractivity contribution in [2.24, 2.45) is 7.05 Å². The Bertz CT molecular complexity index is 649. The number of rotatable bonds is 1. The fourth-order valence-electron chi connectivity index (χ4n) is 1.39. The number of hydrogen-bond acceptors (Lipinski definition) is 3. The largest absolute Gasteiger partial charge is 0.419 e. The zero-order valence-electron chi connectivity index (χ0n) is 8.20. The molecule has 0 aliphatic carbocycles. The lowest BCUT2D eigenvalue weighted by Gasteiger charge is -2.06. The third-order valence-corrected chi connectivity index (χ3v) is 2.30. The van der Waals surface area contributed by atoms with Crippen molar-refractivity contribution in [3.63, 3.8) is 0 Å². The van der Waals surface area contributed by atoms with E-state index in [-0.39, 0.29) is 5.58 Å². The van der Waals surface area contributed by atoms with E-state index in [2.05, 4.69) is 0 Å². The van der Waals surface area contributed by atoms with Gasteiger partial charge in [-0.25, -0.2) is 4.79 Å². The molecule has 0 saturated carbocycles. The van der Waals surface area contributed by atoms with Crippen LogP contribution in [-0.2, 0) is 13.0 Å². The predicted molar refractivity (Wildman–Crippen MR) is 51.0 cm³/mol. The molecule has 0 amide bonds. The summed E-state index contributed by atoms with van der Waals surface area (Å²) in [6.07, 6.45) is 0. The first-order valence-electron chi connectivity index (χ1n) is 4.35. The summed E-state index contributed by atoms with van der Waals surface area (Å²) in [4.78, 5) is 11.1. The number of nitriles is 1. The van der Waals surface area contributed by atoms with Crippen LogP contribution in [0.3, 0.4) is 0 Å². The van der Waals surface area contributed by atoms with Gasteiger partial charge in [0.15, 0.2) is 5.58 Å². The Morgan fingerprint density at radius 3 is 2.81 bits per heavy atom. The van der Waals surface area contributed by atoms with Crippen molar-refractivity contribution in [2.45, 2.75) is 5.92 Å². The molecule has 4 nitrogen and oxygen atoms in total. The molecule has 0 saturated heterocycles. The van der Waals surface area contributed by atoms with E-state index in [1.54, 1.807) is 0 Å². The number of alkyl halides is 2. The summed E-state index contributed by atoms with van der Waals surface area (Å²) in [6, 6.07) is 4.30. The van der Waals surface area contributed by atoms with Crippen LogP contribution in [-0.4, -0.2) is 4.57 Å². The maximum absolute atomic E-state index is 13.0. The minimum atomic E-state index is -3.58. The number of hydrogen-bond donors (Lipinski definition) is 0. The highest BCUT2D eigenvalue weighted by Crippen LogP contribution is 2.29. The Kier molecular flexibility index (Phi) is 2.05. The Morgan fingerprint density at radius 1 is 1.50 bits per heavy atom. The molecular formula is C10H6F2N2O2. The van der Waals surface area contributed by atoms with Gasteiger partial charge in [0.1, 0.15) is 6.07 Å². The average Bonchev–Trinajstić information content (AvgIpc) is 2.54. The third kappa shape index (κ3) is 1.37. The summed E-state index contributed by atoms with van der Waals surface area (Å²) < 4.78 is 32.0. The van der Waals surface area contributed by atoms with Crippen LogP contribution < -0.4 is 5.76 Å². The summed E-state index contributed by atoms with van der Waals surface area (Å²) in [7, 11) is 1.47. The first kappa shape index (κ1) is 10.4. The zero-order valence-corrected chi connectivity index (χ0v) is 8.20. The molecule has 16 heavy (non-hydrogen) atoms. The average molecular weight is 224 g/mol. The van der Waals surface area contributed by atoms with Gasteiger partial charge in [0.2, 0.25) is 0 Å². The van der Waals surface area contributed by atoms with E-state index in [1.807, 2.05) is 0 Å². The molecule has 82 valence electrons. The molecular weight excluding hydrogens is 218 g/mol. The quantitative estimate of drug-likeness (QED) is 0.741. The predicted octanol–water partition coefficient (Wildman–Crippen LogP) is 1.75. The van der Waals surface area contributed by atoms with Crippen LogP contribution in [0.2, 0.25) is 0 Å². The van der Waals surface area contributed by atoms with Gasteiger partial charge in [-0.15, -0.1) is 0 Å². The topological polar surface area (TPSA) is 58.9 Å². The lowest BCUT2D eigenvalue weighted by molar-refractivity contribution is 0.0613. The molecule has 0 aliphatic rings. The van der Waals surface area contributed by atoms with Crippen molar-refractivity contribution in [1.82, 2.24) is 4.57 Å². The monoisotopic (exact) mass is 224 g/mol. The van der Waals surface area contributed by atoms with Crippen molar-refractivity contribution in [2.75, 3.05) is 0 Å². The number of aryl methyl sites for hydroxylation is 1. The minimum absolute atomic E-state index is 0.0416. The van der Waals surface area contributed by atoms with Crippen LogP contribution >= 0.6 is 0 Å². The number of fused-ring (bicyclic) bond motifs is 1. The second-order valence-corrected chi connectivity index (χ2v) is 3.30. The van der Waals surface area contributed by atoms with Gasteiger partial charge >= 0.3 is 11.7 Å². The maximum Gasteiger partial charge on any atom is 0.419 e. The van der Waals surface area contributed by atoms with Gasteiger partial charge < -0.3 is 4.42 Å². The van der Waals surface area contributed by atoms with E-state index in [0.717, 1.165) is 18.2 Å². The molecule has 0 bridgehead atoms. The van der Waals surface area contributed by atoms with Crippen LogP contribution in [0.15, 0.2) is 27.4 Å². The SMILES string of the molecule is Cn1c(=O)oc2cc(C(F)(F)C#N)ccc21. The summed E-state index contributed by atoms with van der Waals surface area (Å²) in [6.45, 7) is 0. The molecule has 0 fully saturated rings. The Morgan fingerprint density at radius 2 is 2.19 bits per heavy atom. The number of benzene rings is 1. The molecule has 0 N–H and O–H groups in total. The standard InChI is InChI=1S/C10H6F2N2O2/c1-14-7-3-2-6(10(11,12)5-13)4-8(7)16-9(14)15/h2-4H,1H3. The van der Waals surface area contributed by atoms with Crippen molar-refractivity contribution < 1.29 is 13.2 Å². The van der Waals surface area contributed by atoms with E-state index in [9.17, 15) is 13.6 Å². The minimum Gasteiger partial charge on any atom is -0.408 e. The molecule has 1 heterocycles. The smallest absolute Gasteiger partial charge is 0.408 e. The van der Waals surface area contributed by atoms with E-state index < -0.39 is 17.2 Å². The molecule has 2 aromatic rings. The molecule has 0 aliphatic heterocycles. The Balaban J connectivity index is 2.72. The summed E-state index contributed by atoms with van der Waals surface area (Å²) in [5.74, 6) is -4.21. The van der Waals surface area contributed by atoms with E-state index in [1.165, 1.54) is 17.7 Å². The van der Waals surface area contributed by atoms with Crippen molar-refractivity contribution in [3.8, 4) is 6.07 Å². The van der Waals surface area contributed by atoms with Gasteiger partial charge in [-0.3, -0.25) is 4.57 Å². The van der Waals surface area contributed by atoms with Crippen molar-refractivity contribution in [3.05, 3.63) is 34.3 Å². The van der Waals surface area contributed by atoms with Crippen LogP contribution in [0, 0.1) is 11.3 Å². The molecule has 1 aromatic heterocycles. The van der Waals surface area contributed by atoms with Gasteiger partial charge in [0.25, 0.3) is 0 Å². The van der Waals surface area contributed by atoms with Crippen molar-refractivity contribution in [1.29, 1.82) is 5.26 Å². The van der Waals surface area contributed by atoms with Gasteiger partial charge in [0, 0.05) is 12.6 Å². The fourth-order valence-corrected chi connectivity index (χ4v) is 1.39. The lowest BCUT2D eigenvalue weighted by Crippen LogP contribution is -2.09. The first-order valence-corrected chi connectivity index (χ1v) is 4.35. The molecule has 0 atom stereocenters. The van der Waals surface area contributed by atoms with E-state index in [4.69, 9.17) is 9.68 Å². The van der Waals surface area contributed by atoms with Gasteiger partial charge in [-0.05, 0) is 18.2 Å². The lowest BCUT2D eigenvalue weighted by atomic mass is 10.1. The molecule has 0 unspecified atom stereocenters. The maximum atomic E-state index is 13.0. The van der Waals surface area contributed by atoms with Crippen LogP contribution in [0.5, 0.6) is 0 Å². The highest BCUT2D eigenvalue weighted by Gasteiger charge is 2.31. The number of halogens is 2. The van der Waals surface area contributed by atoms with Gasteiger partial charge in [-0.1, -0.05) is 0 Å². The first-order chi connectivity index (χ1) is 7.45. The van der Waals surface area contributed by atoms with E-state index in [0.29, 0.717) is 5.52 Å². The van der Waals surface area contributed by atoms with Gasteiger partial charge in [0.05, 0.1) is 5.52 Å². The highest BCUT2D eigenvalue weighted by molar-refractivity contribution is 5.74. The molecule has 0 spiro atoms. The highest BCUT2D eigenvalue weighted by atomic mass is 19.3. The zero-order chi connectivity index (χ0) is 11.9. The number of aromatic nitrogens is 1. The second kappa shape index (κ2) is 3.17. The molecule has 0 radical (unpaired) electrons. The van der Waals surface area contributed by atoms with Crippen LogP contribution in [0.1, 0.15) is 5.56 Å². The molecule has 1 aromatic carbocycles. The fraction of sp³-hybridized carbons (Fsp3) is 0.200. The van der Waals surface area contributed by atoms with E-state index >= 15 is 0 Å². The third-order valence-electron chi connectivity index (χ3n) is 2.30. The number of oxazole rings is 1.